The number of benzene rings is 2. The fourth-order valence-corrected chi connectivity index (χ4v) is 1.72. The summed E-state index contributed by atoms with van der Waals surface area (Å²) in [5.74, 6) is -2.48. The Bertz CT molecular complexity index is 732. The van der Waals surface area contributed by atoms with Crippen LogP contribution in [0.5, 0.6) is 0 Å². The molecule has 0 aliphatic rings. The Balaban J connectivity index is 2.31. The summed E-state index contributed by atoms with van der Waals surface area (Å²) in [6.07, 6.45) is 0. The quantitative estimate of drug-likeness (QED) is 0.695. The van der Waals surface area contributed by atoms with Crippen molar-refractivity contribution in [1.29, 1.82) is 0 Å². The molecule has 0 unspecified atom stereocenters. The molecule has 0 saturated carbocycles. The number of halogens is 2. The van der Waals surface area contributed by atoms with Crippen molar-refractivity contribution in [3.63, 3.8) is 0 Å². The Morgan fingerprint density at radius 1 is 1.14 bits per heavy atom. The van der Waals surface area contributed by atoms with Crippen LogP contribution in [0.2, 0.25) is 0 Å². The monoisotopic (exact) mass is 292 g/mol. The Kier molecular flexibility index (Phi) is 3.93. The average Bonchev–Trinajstić information content (AvgIpc) is 2.40. The summed E-state index contributed by atoms with van der Waals surface area (Å²) in [7, 11) is 0. The van der Waals surface area contributed by atoms with Gasteiger partial charge in [0, 0.05) is 12.1 Å². The van der Waals surface area contributed by atoms with E-state index in [2.05, 4.69) is 5.32 Å². The van der Waals surface area contributed by atoms with Crippen LogP contribution in [0.15, 0.2) is 36.4 Å². The highest BCUT2D eigenvalue weighted by atomic mass is 19.1. The van der Waals surface area contributed by atoms with E-state index < -0.39 is 22.5 Å². The van der Waals surface area contributed by atoms with Gasteiger partial charge in [-0.1, -0.05) is 6.07 Å². The summed E-state index contributed by atoms with van der Waals surface area (Å²) < 4.78 is 27.2. The van der Waals surface area contributed by atoms with E-state index in [1.807, 2.05) is 0 Å². The number of carbonyl (C=O) groups is 1. The third-order valence-electron chi connectivity index (χ3n) is 2.78. The second-order valence-electron chi connectivity index (χ2n) is 4.36. The summed E-state index contributed by atoms with van der Waals surface area (Å²) >= 11 is 0. The molecule has 0 bridgehead atoms. The van der Waals surface area contributed by atoms with E-state index >= 15 is 0 Å². The van der Waals surface area contributed by atoms with Crippen LogP contribution in [0, 0.1) is 28.7 Å². The van der Waals surface area contributed by atoms with E-state index in [-0.39, 0.29) is 16.9 Å². The van der Waals surface area contributed by atoms with Crippen molar-refractivity contribution in [2.24, 2.45) is 0 Å². The van der Waals surface area contributed by atoms with Crippen LogP contribution in [0.4, 0.5) is 20.2 Å². The zero-order valence-corrected chi connectivity index (χ0v) is 10.9. The highest BCUT2D eigenvalue weighted by molar-refractivity contribution is 6.04. The largest absolute Gasteiger partial charge is 0.319 e. The van der Waals surface area contributed by atoms with Gasteiger partial charge in [0.05, 0.1) is 16.2 Å². The van der Waals surface area contributed by atoms with Gasteiger partial charge in [0.25, 0.3) is 11.6 Å². The minimum Gasteiger partial charge on any atom is -0.319 e. The highest BCUT2D eigenvalue weighted by Gasteiger charge is 2.16. The first-order chi connectivity index (χ1) is 9.88. The lowest BCUT2D eigenvalue weighted by Crippen LogP contribution is -2.15. The molecular formula is C14H10F2N2O3. The summed E-state index contributed by atoms with van der Waals surface area (Å²) in [5, 5.41) is 12.7. The molecule has 21 heavy (non-hydrogen) atoms. The van der Waals surface area contributed by atoms with Gasteiger partial charge in [-0.05, 0) is 30.7 Å². The maximum atomic E-state index is 13.6. The number of hydrogen-bond donors (Lipinski definition) is 1. The van der Waals surface area contributed by atoms with Gasteiger partial charge in [-0.25, -0.2) is 8.78 Å². The maximum Gasteiger partial charge on any atom is 0.271 e. The number of hydrogen-bond acceptors (Lipinski definition) is 3. The molecule has 0 spiro atoms. The number of non-ortho nitro benzene ring substituents is 1. The minimum atomic E-state index is -0.883. The molecule has 0 aliphatic carbocycles. The first-order valence-corrected chi connectivity index (χ1v) is 5.90. The van der Waals surface area contributed by atoms with Crippen molar-refractivity contribution in [2.45, 2.75) is 6.92 Å². The summed E-state index contributed by atoms with van der Waals surface area (Å²) in [6, 6.07) is 6.66. The van der Waals surface area contributed by atoms with Gasteiger partial charge in [-0.3, -0.25) is 14.9 Å². The van der Waals surface area contributed by atoms with Crippen LogP contribution in [-0.4, -0.2) is 10.8 Å². The maximum absolute atomic E-state index is 13.6. The molecule has 108 valence electrons. The lowest BCUT2D eigenvalue weighted by molar-refractivity contribution is -0.384. The third-order valence-corrected chi connectivity index (χ3v) is 2.78. The van der Waals surface area contributed by atoms with Crippen LogP contribution in [0.1, 0.15) is 15.9 Å². The zero-order chi connectivity index (χ0) is 15.6. The fourth-order valence-electron chi connectivity index (χ4n) is 1.72. The summed E-state index contributed by atoms with van der Waals surface area (Å²) in [5.41, 5.74) is -0.401. The Labute approximate surface area is 118 Å². The highest BCUT2D eigenvalue weighted by Crippen LogP contribution is 2.22. The fraction of sp³-hybridized carbons (Fsp3) is 0.0714. The smallest absolute Gasteiger partial charge is 0.271 e. The van der Waals surface area contributed by atoms with Crippen LogP contribution in [0.3, 0.4) is 0 Å². The normalized spacial score (nSPS) is 10.2. The molecule has 1 amide bonds. The first-order valence-electron chi connectivity index (χ1n) is 5.90. The second-order valence-corrected chi connectivity index (χ2v) is 4.36. The molecule has 0 atom stereocenters. The van der Waals surface area contributed by atoms with Crippen molar-refractivity contribution >= 4 is 17.3 Å². The molecule has 2 aromatic carbocycles. The van der Waals surface area contributed by atoms with Gasteiger partial charge < -0.3 is 5.32 Å². The molecule has 0 heterocycles. The molecule has 0 saturated heterocycles. The molecule has 0 aliphatic heterocycles. The van der Waals surface area contributed by atoms with Crippen LogP contribution in [0.25, 0.3) is 0 Å². The van der Waals surface area contributed by atoms with Gasteiger partial charge in [0.2, 0.25) is 0 Å². The molecule has 0 aromatic heterocycles. The number of aryl methyl sites for hydroxylation is 1. The number of nitro groups is 1. The number of rotatable bonds is 3. The first kappa shape index (κ1) is 14.6. The third kappa shape index (κ3) is 3.19. The van der Waals surface area contributed by atoms with Gasteiger partial charge in [0.1, 0.15) is 11.6 Å². The Morgan fingerprint density at radius 2 is 1.86 bits per heavy atom. The van der Waals surface area contributed by atoms with Crippen molar-refractivity contribution in [3.8, 4) is 0 Å². The molecule has 0 fully saturated rings. The lowest BCUT2D eigenvalue weighted by atomic mass is 10.1. The topological polar surface area (TPSA) is 72.2 Å². The van der Waals surface area contributed by atoms with Gasteiger partial charge in [-0.2, -0.15) is 0 Å². The average molecular weight is 292 g/mol. The van der Waals surface area contributed by atoms with Crippen LogP contribution in [-0.2, 0) is 0 Å². The molecular weight excluding hydrogens is 282 g/mol. The minimum absolute atomic E-state index is 0.272. The molecule has 2 aromatic rings. The van der Waals surface area contributed by atoms with Crippen molar-refractivity contribution < 1.29 is 18.5 Å². The van der Waals surface area contributed by atoms with Crippen LogP contribution >= 0.6 is 0 Å². The van der Waals surface area contributed by atoms with Crippen molar-refractivity contribution in [2.75, 3.05) is 5.32 Å². The number of anilines is 1. The summed E-state index contributed by atoms with van der Waals surface area (Å²) in [6.45, 7) is 1.66. The van der Waals surface area contributed by atoms with E-state index in [1.165, 1.54) is 18.2 Å². The van der Waals surface area contributed by atoms with E-state index in [9.17, 15) is 23.7 Å². The van der Waals surface area contributed by atoms with Gasteiger partial charge in [0.15, 0.2) is 0 Å². The number of nitrogens with zero attached hydrogens (tertiary/aromatic N) is 1. The zero-order valence-electron chi connectivity index (χ0n) is 10.9. The number of nitrogens with one attached hydrogen (secondary N) is 1. The van der Waals surface area contributed by atoms with E-state index in [0.29, 0.717) is 5.56 Å². The standard InChI is InChI=1S/C14H10F2N2O3/c1-8-2-4-10(12(16)6-8)14(19)17-13-7-9(18(20)21)3-5-11(13)15/h2-7H,1H3,(H,17,19). The predicted octanol–water partition coefficient (Wildman–Crippen LogP) is 3.43. The molecule has 2 rings (SSSR count). The van der Waals surface area contributed by atoms with E-state index in [4.69, 9.17) is 0 Å². The van der Waals surface area contributed by atoms with Gasteiger partial charge in [-0.15, -0.1) is 0 Å². The second kappa shape index (κ2) is 5.66. The lowest BCUT2D eigenvalue weighted by Gasteiger charge is -2.07. The van der Waals surface area contributed by atoms with Crippen molar-refractivity contribution in [1.82, 2.24) is 0 Å². The van der Waals surface area contributed by atoms with Crippen LogP contribution < -0.4 is 5.32 Å². The molecule has 1 N–H and O–H groups in total. The van der Waals surface area contributed by atoms with Gasteiger partial charge >= 0.3 is 0 Å². The molecule has 0 radical (unpaired) electrons. The predicted molar refractivity (Wildman–Crippen MR) is 72.1 cm³/mol. The number of amides is 1. The van der Waals surface area contributed by atoms with Crippen molar-refractivity contribution in [3.05, 3.63) is 69.3 Å². The number of nitro benzene ring substituents is 1. The Hall–Kier alpha value is -2.83. The summed E-state index contributed by atoms with van der Waals surface area (Å²) in [4.78, 5) is 21.8. The number of carbonyl (C=O) groups excluding carboxylic acids is 1. The van der Waals surface area contributed by atoms with E-state index in [1.54, 1.807) is 6.92 Å². The molecule has 7 heteroatoms. The Morgan fingerprint density at radius 3 is 2.48 bits per heavy atom. The van der Waals surface area contributed by atoms with E-state index in [0.717, 1.165) is 18.2 Å². The SMILES string of the molecule is Cc1ccc(C(=O)Nc2cc([N+](=O)[O-])ccc2F)c(F)c1. The molecule has 5 nitrogen and oxygen atoms in total.